The van der Waals surface area contributed by atoms with Gasteiger partial charge < -0.3 is 14.9 Å². The van der Waals surface area contributed by atoms with E-state index in [0.717, 1.165) is 62.1 Å². The number of aromatic carboxylic acids is 1. The first-order chi connectivity index (χ1) is 15.4. The number of anilines is 1. The number of likely N-dealkylation sites (tertiary alicyclic amines) is 1. The van der Waals surface area contributed by atoms with Crippen molar-refractivity contribution in [3.05, 3.63) is 41.3 Å². The van der Waals surface area contributed by atoms with Crippen LogP contribution in [0, 0.1) is 17.8 Å². The Morgan fingerprint density at radius 2 is 1.84 bits per heavy atom. The lowest BCUT2D eigenvalue weighted by atomic mass is 9.82. The average molecular weight is 455 g/mol. The van der Waals surface area contributed by atoms with E-state index in [1.54, 1.807) is 0 Å². The first-order valence-corrected chi connectivity index (χ1v) is 12.7. The van der Waals surface area contributed by atoms with Crippen LogP contribution in [0.4, 0.5) is 5.69 Å². The van der Waals surface area contributed by atoms with Crippen LogP contribution in [0.3, 0.4) is 0 Å². The Morgan fingerprint density at radius 3 is 2.50 bits per heavy atom. The van der Waals surface area contributed by atoms with Crippen LogP contribution in [0.5, 0.6) is 0 Å². The van der Waals surface area contributed by atoms with Gasteiger partial charge in [-0.15, -0.1) is 11.3 Å². The van der Waals surface area contributed by atoms with Crippen LogP contribution in [0.25, 0.3) is 10.4 Å². The van der Waals surface area contributed by atoms with E-state index in [0.29, 0.717) is 24.1 Å². The van der Waals surface area contributed by atoms with Gasteiger partial charge >= 0.3 is 5.97 Å². The van der Waals surface area contributed by atoms with Gasteiger partial charge in [0.1, 0.15) is 4.88 Å². The third kappa shape index (κ3) is 5.24. The highest BCUT2D eigenvalue weighted by Crippen LogP contribution is 2.39. The normalized spacial score (nSPS) is 24.2. The second-order valence-corrected chi connectivity index (χ2v) is 10.7. The van der Waals surface area contributed by atoms with Crippen LogP contribution < -0.4 is 4.90 Å². The van der Waals surface area contributed by atoms with Crippen LogP contribution >= 0.6 is 11.3 Å². The van der Waals surface area contributed by atoms with E-state index in [9.17, 15) is 14.7 Å². The molecule has 0 spiro atoms. The van der Waals surface area contributed by atoms with E-state index >= 15 is 0 Å². The Balaban J connectivity index is 1.69. The van der Waals surface area contributed by atoms with Crippen molar-refractivity contribution in [1.29, 1.82) is 0 Å². The quantitative estimate of drug-likeness (QED) is 0.616. The molecule has 4 rings (SSSR count). The predicted octanol–water partition coefficient (Wildman–Crippen LogP) is 5.61. The number of hydrogen-bond donors (Lipinski definition) is 1. The molecule has 2 fully saturated rings. The van der Waals surface area contributed by atoms with Gasteiger partial charge in [-0.25, -0.2) is 4.79 Å². The summed E-state index contributed by atoms with van der Waals surface area (Å²) in [7, 11) is 2.13. The molecule has 1 saturated heterocycles. The van der Waals surface area contributed by atoms with Crippen molar-refractivity contribution in [2.24, 2.45) is 17.8 Å². The fourth-order valence-corrected chi connectivity index (χ4v) is 6.20. The largest absolute Gasteiger partial charge is 0.477 e. The summed E-state index contributed by atoms with van der Waals surface area (Å²) in [5.74, 6) is 0.184. The molecule has 2 aliphatic rings. The molecule has 6 heteroatoms. The van der Waals surface area contributed by atoms with Crippen molar-refractivity contribution in [3.63, 3.8) is 0 Å². The fourth-order valence-electron chi connectivity index (χ4n) is 5.19. The van der Waals surface area contributed by atoms with Gasteiger partial charge in [0.15, 0.2) is 0 Å². The standard InChI is InChI=1S/C26H34N2O3S/c1-18-10-12-21(13-11-18)25(29)28(17-19-7-6-14-27(2)16-19)22-15-23(32-24(22)26(30)31)20-8-4-3-5-9-20/h3-5,8-9,15,18-19,21H,6-7,10-14,16-17H2,1-2H3,(H,30,31). The number of rotatable bonds is 6. The summed E-state index contributed by atoms with van der Waals surface area (Å²) in [6.07, 6.45) is 6.14. The second kappa shape index (κ2) is 10.2. The highest BCUT2D eigenvalue weighted by atomic mass is 32.1. The molecule has 5 nitrogen and oxygen atoms in total. The van der Waals surface area contributed by atoms with Gasteiger partial charge in [0.05, 0.1) is 5.69 Å². The molecule has 1 aromatic carbocycles. The Hall–Kier alpha value is -2.18. The molecule has 2 heterocycles. The zero-order valence-electron chi connectivity index (χ0n) is 19.1. The monoisotopic (exact) mass is 454 g/mol. The number of nitrogens with zero attached hydrogens (tertiary/aromatic N) is 2. The van der Waals surface area contributed by atoms with Crippen molar-refractivity contribution in [1.82, 2.24) is 4.90 Å². The van der Waals surface area contributed by atoms with Crippen LogP contribution in [-0.2, 0) is 4.79 Å². The molecule has 1 atom stereocenters. The lowest BCUT2D eigenvalue weighted by molar-refractivity contribution is -0.123. The van der Waals surface area contributed by atoms with Gasteiger partial charge in [-0.05, 0) is 75.6 Å². The molecular weight excluding hydrogens is 420 g/mol. The summed E-state index contributed by atoms with van der Waals surface area (Å²) in [5.41, 5.74) is 1.57. The van der Waals surface area contributed by atoms with Crippen molar-refractivity contribution in [2.45, 2.75) is 45.4 Å². The number of benzene rings is 1. The highest BCUT2D eigenvalue weighted by Gasteiger charge is 2.34. The molecule has 1 N–H and O–H groups in total. The number of hydrogen-bond acceptors (Lipinski definition) is 4. The maximum absolute atomic E-state index is 13.8. The molecule has 1 aliphatic carbocycles. The third-order valence-electron chi connectivity index (χ3n) is 7.05. The minimum Gasteiger partial charge on any atom is -0.477 e. The van der Waals surface area contributed by atoms with Gasteiger partial charge in [-0.3, -0.25) is 4.79 Å². The molecule has 1 saturated carbocycles. The van der Waals surface area contributed by atoms with Gasteiger partial charge in [-0.1, -0.05) is 37.3 Å². The molecule has 1 aliphatic heterocycles. The lowest BCUT2D eigenvalue weighted by Crippen LogP contribution is -2.44. The van der Waals surface area contributed by atoms with Gasteiger partial charge in [0.2, 0.25) is 5.91 Å². The number of carbonyl (C=O) groups is 2. The SMILES string of the molecule is CC1CCC(C(=O)N(CC2CCCN(C)C2)c2cc(-c3ccccc3)sc2C(=O)O)CC1. The van der Waals surface area contributed by atoms with Gasteiger partial charge in [0, 0.05) is 23.9 Å². The fraction of sp³-hybridized carbons (Fsp3) is 0.538. The van der Waals surface area contributed by atoms with E-state index in [1.165, 1.54) is 11.3 Å². The van der Waals surface area contributed by atoms with E-state index in [4.69, 9.17) is 0 Å². The van der Waals surface area contributed by atoms with Crippen molar-refractivity contribution in [2.75, 3.05) is 31.6 Å². The first kappa shape index (κ1) is 23.0. The Bertz CT molecular complexity index is 934. The Morgan fingerprint density at radius 1 is 1.12 bits per heavy atom. The minimum atomic E-state index is -0.956. The smallest absolute Gasteiger partial charge is 0.348 e. The molecule has 32 heavy (non-hydrogen) atoms. The van der Waals surface area contributed by atoms with Crippen LogP contribution in [0.15, 0.2) is 36.4 Å². The van der Waals surface area contributed by atoms with E-state index in [2.05, 4.69) is 18.9 Å². The maximum Gasteiger partial charge on any atom is 0.348 e. The topological polar surface area (TPSA) is 60.9 Å². The van der Waals surface area contributed by atoms with Gasteiger partial charge in [0.25, 0.3) is 0 Å². The molecule has 0 radical (unpaired) electrons. The summed E-state index contributed by atoms with van der Waals surface area (Å²) in [4.78, 5) is 31.4. The molecule has 1 amide bonds. The number of piperidine rings is 1. The van der Waals surface area contributed by atoms with Crippen molar-refractivity contribution < 1.29 is 14.7 Å². The molecule has 1 unspecified atom stereocenters. The summed E-state index contributed by atoms with van der Waals surface area (Å²) < 4.78 is 0. The summed E-state index contributed by atoms with van der Waals surface area (Å²) in [5, 5.41) is 10.0. The number of amides is 1. The second-order valence-electron chi connectivity index (χ2n) is 9.67. The maximum atomic E-state index is 13.8. The predicted molar refractivity (Wildman–Crippen MR) is 130 cm³/mol. The number of thiophene rings is 1. The number of carboxylic acid groups (broad SMARTS) is 1. The minimum absolute atomic E-state index is 0.00533. The zero-order chi connectivity index (χ0) is 22.7. The molecule has 1 aromatic heterocycles. The Kier molecular flexibility index (Phi) is 7.31. The van der Waals surface area contributed by atoms with Crippen LogP contribution in [0.2, 0.25) is 0 Å². The number of carbonyl (C=O) groups excluding carboxylic acids is 1. The van der Waals surface area contributed by atoms with Gasteiger partial charge in [-0.2, -0.15) is 0 Å². The average Bonchev–Trinajstić information content (AvgIpc) is 3.24. The first-order valence-electron chi connectivity index (χ1n) is 11.8. The van der Waals surface area contributed by atoms with E-state index < -0.39 is 5.97 Å². The van der Waals surface area contributed by atoms with Crippen LogP contribution in [0.1, 0.15) is 55.1 Å². The third-order valence-corrected chi connectivity index (χ3v) is 8.21. The molecule has 172 valence electrons. The zero-order valence-corrected chi connectivity index (χ0v) is 19.9. The summed E-state index contributed by atoms with van der Waals surface area (Å²) in [6, 6.07) is 11.8. The number of carboxylic acids is 1. The molecule has 2 aromatic rings. The summed E-state index contributed by atoms with van der Waals surface area (Å²) >= 11 is 1.27. The highest BCUT2D eigenvalue weighted by molar-refractivity contribution is 7.18. The summed E-state index contributed by atoms with van der Waals surface area (Å²) in [6.45, 7) is 4.88. The van der Waals surface area contributed by atoms with E-state index in [1.807, 2.05) is 41.3 Å². The van der Waals surface area contributed by atoms with Crippen molar-refractivity contribution >= 4 is 28.9 Å². The lowest BCUT2D eigenvalue weighted by Gasteiger charge is -2.36. The van der Waals surface area contributed by atoms with Crippen LogP contribution in [-0.4, -0.2) is 48.6 Å². The van der Waals surface area contributed by atoms with E-state index in [-0.39, 0.29) is 16.7 Å². The molecule has 0 bridgehead atoms. The Labute approximate surface area is 195 Å². The van der Waals surface area contributed by atoms with Crippen molar-refractivity contribution in [3.8, 4) is 10.4 Å². The molecular formula is C26H34N2O3S.